The molecule has 0 spiro atoms. The molecule has 364 valence electrons. The van der Waals surface area contributed by atoms with Gasteiger partial charge in [0.25, 0.3) is 0 Å². The molecule has 0 saturated carbocycles. The fourth-order valence-corrected chi connectivity index (χ4v) is 14.5. The summed E-state index contributed by atoms with van der Waals surface area (Å²) in [7, 11) is -8.39. The van der Waals surface area contributed by atoms with Crippen molar-refractivity contribution in [3.63, 3.8) is 0 Å². The van der Waals surface area contributed by atoms with E-state index in [-0.39, 0.29) is 0 Å². The van der Waals surface area contributed by atoms with E-state index in [9.17, 15) is 0 Å². The van der Waals surface area contributed by atoms with Crippen molar-refractivity contribution in [1.82, 2.24) is 0 Å². The zero-order valence-electron chi connectivity index (χ0n) is 46.2. The summed E-state index contributed by atoms with van der Waals surface area (Å²) < 4.78 is 27.5. The molecule has 12 bridgehead atoms. The Hall–Kier alpha value is -3.84. The second kappa shape index (κ2) is 16.9. The molecule has 0 radical (unpaired) electrons. The Morgan fingerprint density at radius 3 is 0.529 bits per heavy atom. The number of fused-ring (bicyclic) bond motifs is 18. The molecule has 10 heteroatoms. The number of rotatable bonds is 6. The van der Waals surface area contributed by atoms with Crippen molar-refractivity contribution in [2.24, 2.45) is 0 Å². The van der Waals surface area contributed by atoms with Crippen LogP contribution in [0.15, 0.2) is 109 Å². The molecule has 0 unspecified atom stereocenters. The van der Waals surface area contributed by atoms with E-state index in [4.69, 9.17) is 18.6 Å². The molecule has 0 aromatic heterocycles. The highest BCUT2D eigenvalue weighted by molar-refractivity contribution is 6.90. The maximum atomic E-state index is 6.87. The van der Waals surface area contributed by atoms with Gasteiger partial charge in [0.1, 0.15) is 0 Å². The van der Waals surface area contributed by atoms with Crippen molar-refractivity contribution in [3.05, 3.63) is 109 Å². The molecule has 2 fully saturated rings. The summed E-state index contributed by atoms with van der Waals surface area (Å²) in [6.07, 6.45) is 0. The van der Waals surface area contributed by atoms with Gasteiger partial charge in [-0.3, -0.25) is 0 Å². The van der Waals surface area contributed by atoms with Gasteiger partial charge in [0, 0.05) is 0 Å². The summed E-state index contributed by atoms with van der Waals surface area (Å²) in [5, 5.41) is 20.3. The third-order valence-electron chi connectivity index (χ3n) is 16.2. The predicted octanol–water partition coefficient (Wildman–Crippen LogP) is 13.1. The first kappa shape index (κ1) is 51.1. The van der Waals surface area contributed by atoms with Gasteiger partial charge in [-0.2, -0.15) is 0 Å². The fraction of sp³-hybridized carbons (Fsp3) is 0.400. The maximum Gasteiger partial charge on any atom is 0.494 e. The molecule has 70 heavy (non-hydrogen) atoms. The van der Waals surface area contributed by atoms with Gasteiger partial charge in [0.2, 0.25) is 0 Å². The molecule has 0 aliphatic carbocycles. The summed E-state index contributed by atoms with van der Waals surface area (Å²) in [5.41, 5.74) is 0.185. The van der Waals surface area contributed by atoms with E-state index in [1.165, 1.54) is 85.4 Å². The number of hydrogen-bond acceptors (Lipinski definition) is 4. The topological polar surface area (TPSA) is 36.9 Å². The molecule has 0 N–H and O–H groups in total. The minimum atomic E-state index is -1.84. The van der Waals surface area contributed by atoms with Crippen molar-refractivity contribution >= 4 is 143 Å². The quantitative estimate of drug-likeness (QED) is 0.156. The number of hydrogen-bond donors (Lipinski definition) is 0. The average Bonchev–Trinajstić information content (AvgIpc) is 3.63. The maximum absolute atomic E-state index is 6.87. The van der Waals surface area contributed by atoms with Gasteiger partial charge in [-0.25, -0.2) is 0 Å². The minimum Gasteiger partial charge on any atom is -0.399 e. The molecule has 2 aliphatic rings. The Bertz CT molecular complexity index is 2960. The van der Waals surface area contributed by atoms with Crippen molar-refractivity contribution in [3.8, 4) is 0 Å². The molecule has 9 rings (SSSR count). The van der Waals surface area contributed by atoms with Crippen LogP contribution in [0, 0.1) is 0 Å². The van der Waals surface area contributed by atoms with E-state index >= 15 is 0 Å². The SMILES string of the molecule is CC1(C)OB(c2cc3cc(c2)c2cc([Si](C)(C)C)cc(c2)c2cc([Si](C)(C)C)cc(c2)c2cc(B4OC(C)(C)C(C)(C)O4)cc(c2)c2cc([Si](C)(C)C)cc(c2)c2cc([Si](C)(C)C)cc3c2)OC1(C)C. The molecule has 2 aliphatic heterocycles. The first-order valence-corrected chi connectivity index (χ1v) is 39.7. The standard InChI is InChI=1S/C60H78B2O4Si4/c1-57(2)58(3,4)64-61(63-57)51-27-39-21-40(28-51)44-24-48(36-54(32-44)68(12,13)14)50-26-46(34-56(38-50)70(18,19)20)42-22-41(29-52(30-42)62-65-59(5,6)60(7,8)66-62)45-25-49(37-55(33-45)69(15,16)17)47-23-43(39)31-53(35-47)67(9,10)11/h21-38H,1-20H3. The molecule has 0 amide bonds. The lowest BCUT2D eigenvalue weighted by atomic mass is 9.77. The molecule has 7 aromatic carbocycles. The van der Waals surface area contributed by atoms with Gasteiger partial charge in [-0.15, -0.1) is 0 Å². The first-order chi connectivity index (χ1) is 32.1. The van der Waals surface area contributed by atoms with E-state index in [0.717, 1.165) is 10.9 Å². The Balaban J connectivity index is 1.55. The van der Waals surface area contributed by atoms with E-state index in [0.29, 0.717) is 0 Å². The van der Waals surface area contributed by atoms with Crippen molar-refractivity contribution in [1.29, 1.82) is 0 Å². The average molecular weight is 997 g/mol. The Morgan fingerprint density at radius 1 is 0.243 bits per heavy atom. The fourth-order valence-electron chi connectivity index (χ4n) is 9.78. The van der Waals surface area contributed by atoms with Crippen LogP contribution >= 0.6 is 0 Å². The summed E-state index contributed by atoms with van der Waals surface area (Å²) in [4.78, 5) is 0. The van der Waals surface area contributed by atoms with Gasteiger partial charge in [-0.1, -0.05) is 172 Å². The molecule has 0 atom stereocenters. The third kappa shape index (κ3) is 9.73. The predicted molar refractivity (Wildman–Crippen MR) is 321 cm³/mol. The zero-order chi connectivity index (χ0) is 51.1. The van der Waals surface area contributed by atoms with Gasteiger partial charge in [0.15, 0.2) is 0 Å². The van der Waals surface area contributed by atoms with E-state index in [1.54, 1.807) is 0 Å². The van der Waals surface area contributed by atoms with Crippen LogP contribution in [0.2, 0.25) is 78.6 Å². The normalized spacial score (nSPS) is 18.2. The van der Waals surface area contributed by atoms with Crippen LogP contribution in [0.4, 0.5) is 0 Å². The van der Waals surface area contributed by atoms with Crippen molar-refractivity contribution in [2.45, 2.75) is 156 Å². The Kier molecular flexibility index (Phi) is 12.3. The van der Waals surface area contributed by atoms with Crippen LogP contribution < -0.4 is 31.7 Å². The molecular weight excluding hydrogens is 919 g/mol. The summed E-state index contributed by atoms with van der Waals surface area (Å²) >= 11 is 0. The summed E-state index contributed by atoms with van der Waals surface area (Å²) in [6.45, 7) is 46.9. The Labute approximate surface area is 424 Å². The molecule has 2 heterocycles. The summed E-state index contributed by atoms with van der Waals surface area (Å²) in [5.74, 6) is 0. The summed E-state index contributed by atoms with van der Waals surface area (Å²) in [6, 6.07) is 44.0. The zero-order valence-corrected chi connectivity index (χ0v) is 50.2. The lowest BCUT2D eigenvalue weighted by Gasteiger charge is -2.32. The number of benzene rings is 6. The van der Waals surface area contributed by atoms with E-state index < -0.39 is 68.9 Å². The first-order valence-electron chi connectivity index (χ1n) is 25.7. The van der Waals surface area contributed by atoms with Crippen LogP contribution in [0.5, 0.6) is 0 Å². The second-order valence-corrected chi connectivity index (χ2v) is 47.4. The third-order valence-corrected chi connectivity index (χ3v) is 24.2. The molecule has 7 aromatic rings. The molecular formula is C60H78B2O4Si4. The van der Waals surface area contributed by atoms with Gasteiger partial charge < -0.3 is 18.6 Å². The monoisotopic (exact) mass is 997 g/mol. The highest BCUT2D eigenvalue weighted by Crippen LogP contribution is 2.39. The van der Waals surface area contributed by atoms with Crippen molar-refractivity contribution in [2.75, 3.05) is 0 Å². The van der Waals surface area contributed by atoms with Gasteiger partial charge >= 0.3 is 14.2 Å². The largest absolute Gasteiger partial charge is 0.494 e. The highest BCUT2D eigenvalue weighted by Gasteiger charge is 2.53. The van der Waals surface area contributed by atoms with Crippen LogP contribution in [-0.2, 0) is 18.6 Å². The van der Waals surface area contributed by atoms with Crippen LogP contribution in [0.3, 0.4) is 0 Å². The van der Waals surface area contributed by atoms with Crippen LogP contribution in [0.1, 0.15) is 55.4 Å². The van der Waals surface area contributed by atoms with Gasteiger partial charge in [0.05, 0.1) is 54.7 Å². The lowest BCUT2D eigenvalue weighted by molar-refractivity contribution is 0.00578. The smallest absolute Gasteiger partial charge is 0.399 e. The molecule has 2 saturated heterocycles. The van der Waals surface area contributed by atoms with E-state index in [1.807, 2.05) is 0 Å². The van der Waals surface area contributed by atoms with Crippen LogP contribution in [0.25, 0.3) is 64.6 Å². The minimum absolute atomic E-state index is 0.476. The lowest BCUT2D eigenvalue weighted by Crippen LogP contribution is -2.41. The second-order valence-electron chi connectivity index (χ2n) is 27.1. The van der Waals surface area contributed by atoms with Crippen molar-refractivity contribution < 1.29 is 18.6 Å². The van der Waals surface area contributed by atoms with Crippen LogP contribution in [-0.4, -0.2) is 68.9 Å². The van der Waals surface area contributed by atoms with E-state index in [2.05, 4.69) is 243 Å². The van der Waals surface area contributed by atoms with Gasteiger partial charge in [-0.05, 0) is 167 Å². The Morgan fingerprint density at radius 2 is 0.386 bits per heavy atom. The highest BCUT2D eigenvalue weighted by atomic mass is 28.3. The molecule has 4 nitrogen and oxygen atoms in total.